The van der Waals surface area contributed by atoms with Gasteiger partial charge in [-0.25, -0.2) is 26.6 Å². The van der Waals surface area contributed by atoms with E-state index in [2.05, 4.69) is 10.4 Å². The van der Waals surface area contributed by atoms with Crippen molar-refractivity contribution >= 4 is 16.6 Å². The molecule has 1 aliphatic carbocycles. The molecule has 0 aliphatic heterocycles. The van der Waals surface area contributed by atoms with Gasteiger partial charge in [-0.1, -0.05) is 18.2 Å². The largest absolute Gasteiger partial charge is 0.361 e. The molecule has 0 saturated heterocycles. The second-order valence-electron chi connectivity index (χ2n) is 8.71. The molecule has 6 nitrogen and oxygen atoms in total. The number of hydrogen-bond acceptors (Lipinski definition) is 4. The lowest BCUT2D eigenvalue weighted by Crippen LogP contribution is -2.54. The van der Waals surface area contributed by atoms with Crippen molar-refractivity contribution in [3.8, 4) is 0 Å². The summed E-state index contributed by atoms with van der Waals surface area (Å²) in [5.41, 5.74) is -3.13. The van der Waals surface area contributed by atoms with Crippen LogP contribution in [0.3, 0.4) is 0 Å². The molecule has 1 saturated carbocycles. The van der Waals surface area contributed by atoms with Crippen LogP contribution >= 0.6 is 0 Å². The Bertz CT molecular complexity index is 1360. The van der Waals surface area contributed by atoms with Crippen LogP contribution in [0, 0.1) is 5.82 Å². The predicted octanol–water partition coefficient (Wildman–Crippen LogP) is 4.49. The van der Waals surface area contributed by atoms with Gasteiger partial charge in [-0.05, 0) is 13.8 Å². The molecule has 1 N–H and O–H groups in total. The predicted molar refractivity (Wildman–Crippen MR) is 112 cm³/mol. The number of anilines is 1. The van der Waals surface area contributed by atoms with E-state index in [4.69, 9.17) is 0 Å². The highest BCUT2D eigenvalue weighted by Crippen LogP contribution is 2.49. The van der Waals surface area contributed by atoms with Crippen molar-refractivity contribution in [3.05, 3.63) is 68.1 Å². The molecule has 3 aromatic rings. The molecular formula is C22H21F5N4O2. The number of aryl methyl sites for hydroxylation is 1. The summed E-state index contributed by atoms with van der Waals surface area (Å²) in [5, 5.41) is 7.22. The van der Waals surface area contributed by atoms with Crippen LogP contribution in [0.5, 0.6) is 0 Å². The van der Waals surface area contributed by atoms with Crippen molar-refractivity contribution < 1.29 is 22.0 Å². The number of nitrogens with zero attached hydrogens (tertiary/aromatic N) is 3. The van der Waals surface area contributed by atoms with Gasteiger partial charge in [-0.15, -0.1) is 0 Å². The normalized spacial score (nSPS) is 17.7. The molecule has 1 aromatic carbocycles. The van der Waals surface area contributed by atoms with E-state index in [1.165, 1.54) is 39.2 Å². The minimum absolute atomic E-state index is 0.0000586. The summed E-state index contributed by atoms with van der Waals surface area (Å²) in [6, 6.07) is 3.86. The smallest absolute Gasteiger partial charge is 0.274 e. The first-order valence-electron chi connectivity index (χ1n) is 10.2. The van der Waals surface area contributed by atoms with Crippen molar-refractivity contribution in [1.82, 2.24) is 14.3 Å². The van der Waals surface area contributed by atoms with Gasteiger partial charge in [0.25, 0.3) is 23.5 Å². The van der Waals surface area contributed by atoms with Crippen LogP contribution in [0.15, 0.2) is 40.1 Å². The fourth-order valence-corrected chi connectivity index (χ4v) is 4.44. The molecule has 0 spiro atoms. The third-order valence-corrected chi connectivity index (χ3v) is 6.06. The second-order valence-corrected chi connectivity index (χ2v) is 8.71. The molecule has 33 heavy (non-hydrogen) atoms. The molecule has 2 aromatic heterocycles. The van der Waals surface area contributed by atoms with E-state index >= 15 is 0 Å². The zero-order valence-electron chi connectivity index (χ0n) is 18.0. The summed E-state index contributed by atoms with van der Waals surface area (Å²) in [4.78, 5) is 25.2. The Hall–Kier alpha value is -3.24. The van der Waals surface area contributed by atoms with Crippen molar-refractivity contribution in [3.63, 3.8) is 0 Å². The number of halogens is 5. The number of pyridine rings is 1. The van der Waals surface area contributed by atoms with Crippen LogP contribution in [0.1, 0.15) is 50.3 Å². The van der Waals surface area contributed by atoms with Gasteiger partial charge >= 0.3 is 0 Å². The molecule has 176 valence electrons. The van der Waals surface area contributed by atoms with E-state index in [1.807, 2.05) is 0 Å². The fourth-order valence-electron chi connectivity index (χ4n) is 4.44. The Labute approximate surface area is 184 Å². The second kappa shape index (κ2) is 7.67. The maximum Gasteiger partial charge on any atom is 0.274 e. The van der Waals surface area contributed by atoms with Gasteiger partial charge in [0.15, 0.2) is 5.82 Å². The fraction of sp³-hybridized carbons (Fsp3) is 0.409. The highest BCUT2D eigenvalue weighted by Gasteiger charge is 2.55. The summed E-state index contributed by atoms with van der Waals surface area (Å²) in [7, 11) is 1.36. The minimum Gasteiger partial charge on any atom is -0.361 e. The average molecular weight is 468 g/mol. The topological polar surface area (TPSA) is 68.9 Å². The van der Waals surface area contributed by atoms with Gasteiger partial charge in [0.2, 0.25) is 0 Å². The molecule has 1 atom stereocenters. The molecular weight excluding hydrogens is 447 g/mol. The number of aromatic nitrogens is 3. The van der Waals surface area contributed by atoms with Crippen LogP contribution < -0.4 is 16.4 Å². The van der Waals surface area contributed by atoms with Crippen molar-refractivity contribution in [2.45, 2.75) is 50.6 Å². The third kappa shape index (κ3) is 3.89. The molecule has 0 bridgehead atoms. The number of rotatable bonds is 5. The van der Waals surface area contributed by atoms with Crippen LogP contribution in [0.4, 0.5) is 27.8 Å². The molecule has 0 amide bonds. The average Bonchev–Trinajstić information content (AvgIpc) is 2.69. The molecule has 0 radical (unpaired) electrons. The van der Waals surface area contributed by atoms with Crippen LogP contribution in [-0.2, 0) is 12.6 Å². The van der Waals surface area contributed by atoms with Crippen LogP contribution in [-0.4, -0.2) is 20.3 Å². The first-order chi connectivity index (χ1) is 15.3. The summed E-state index contributed by atoms with van der Waals surface area (Å²) < 4.78 is 70.1. The van der Waals surface area contributed by atoms with Gasteiger partial charge in [0, 0.05) is 43.1 Å². The summed E-state index contributed by atoms with van der Waals surface area (Å²) in [6.07, 6.45) is -2.77. The molecule has 1 fully saturated rings. The van der Waals surface area contributed by atoms with Gasteiger partial charge < -0.3 is 9.88 Å². The van der Waals surface area contributed by atoms with Crippen molar-refractivity contribution in [1.29, 1.82) is 0 Å². The zero-order valence-corrected chi connectivity index (χ0v) is 18.0. The Kier molecular flexibility index (Phi) is 5.33. The highest BCUT2D eigenvalue weighted by molar-refractivity contribution is 5.90. The Morgan fingerprint density at radius 3 is 2.36 bits per heavy atom. The first-order valence-corrected chi connectivity index (χ1v) is 10.2. The van der Waals surface area contributed by atoms with Gasteiger partial charge in [-0.2, -0.15) is 5.10 Å². The molecule has 2 heterocycles. The number of hydrogen-bond donors (Lipinski definition) is 1. The Balaban J connectivity index is 1.82. The van der Waals surface area contributed by atoms with E-state index in [9.17, 15) is 31.5 Å². The van der Waals surface area contributed by atoms with Crippen molar-refractivity contribution in [2.24, 2.45) is 7.05 Å². The quantitative estimate of drug-likeness (QED) is 0.561. The maximum absolute atomic E-state index is 14.6. The van der Waals surface area contributed by atoms with Gasteiger partial charge in [-0.3, -0.25) is 9.59 Å². The van der Waals surface area contributed by atoms with Crippen LogP contribution in [0.2, 0.25) is 0 Å². The Morgan fingerprint density at radius 2 is 1.76 bits per heavy atom. The zero-order chi connectivity index (χ0) is 24.3. The lowest BCUT2D eigenvalue weighted by atomic mass is 9.74. The number of benzene rings is 1. The van der Waals surface area contributed by atoms with E-state index in [0.717, 1.165) is 21.4 Å². The van der Waals surface area contributed by atoms with Crippen LogP contribution in [0.25, 0.3) is 10.8 Å². The van der Waals surface area contributed by atoms with Gasteiger partial charge in [0.1, 0.15) is 5.82 Å². The molecule has 1 unspecified atom stereocenters. The summed E-state index contributed by atoms with van der Waals surface area (Å²) >= 11 is 0. The molecule has 11 heteroatoms. The van der Waals surface area contributed by atoms with E-state index < -0.39 is 59.3 Å². The maximum atomic E-state index is 14.6. The summed E-state index contributed by atoms with van der Waals surface area (Å²) in [5.74, 6) is -3.88. The minimum atomic E-state index is -3.00. The van der Waals surface area contributed by atoms with E-state index in [1.54, 1.807) is 0 Å². The summed E-state index contributed by atoms with van der Waals surface area (Å²) in [6.45, 7) is 3.04. The third-order valence-electron chi connectivity index (χ3n) is 6.06. The standard InChI is InChI=1S/C22H21F5N4O2/c1-11(12-5-4-6-13(17(12)23)18(24)25)28-19-15-8-31(21(2)9-22(26,27)10-21)16(32)7-14(15)20(33)30(3)29-19/h4-8,11,18H,9-10H2,1-3H3,(H,28,29). The van der Waals surface area contributed by atoms with E-state index in [-0.39, 0.29) is 22.2 Å². The SMILES string of the molecule is CC(Nc1nn(C)c(=O)c2cc(=O)n(C3(C)CC(F)(F)C3)cc12)c1cccc(C(F)F)c1F. The lowest BCUT2D eigenvalue weighted by molar-refractivity contribution is -0.146. The first kappa shape index (κ1) is 22.9. The number of alkyl halides is 4. The molecule has 4 rings (SSSR count). The number of fused-ring (bicyclic) bond motifs is 1. The molecule has 1 aliphatic rings. The van der Waals surface area contributed by atoms with Crippen molar-refractivity contribution in [2.75, 3.05) is 5.32 Å². The Morgan fingerprint density at radius 1 is 1.12 bits per heavy atom. The van der Waals surface area contributed by atoms with E-state index in [0.29, 0.717) is 0 Å². The highest BCUT2D eigenvalue weighted by atomic mass is 19.3. The number of nitrogens with one attached hydrogen (secondary N) is 1. The monoisotopic (exact) mass is 468 g/mol. The lowest BCUT2D eigenvalue weighted by Gasteiger charge is -2.46. The van der Waals surface area contributed by atoms with Gasteiger partial charge in [0.05, 0.1) is 22.5 Å².